The van der Waals surface area contributed by atoms with Gasteiger partial charge in [-0.3, -0.25) is 14.4 Å². The summed E-state index contributed by atoms with van der Waals surface area (Å²) >= 11 is 0. The normalized spacial score (nSPS) is 10.5. The Labute approximate surface area is 181 Å². The molecule has 0 fully saturated rings. The molecule has 2 amide bonds. The van der Waals surface area contributed by atoms with E-state index in [4.69, 9.17) is 4.74 Å². The molecule has 3 aromatic rings. The number of carbonyl (C=O) groups excluding carboxylic acids is 3. The second-order valence-corrected chi connectivity index (χ2v) is 7.59. The van der Waals surface area contributed by atoms with Crippen molar-refractivity contribution in [3.63, 3.8) is 0 Å². The third kappa shape index (κ3) is 5.92. The van der Waals surface area contributed by atoms with Crippen LogP contribution in [0.5, 0.6) is 0 Å². The number of amides is 2. The fourth-order valence-corrected chi connectivity index (χ4v) is 3.27. The van der Waals surface area contributed by atoms with Gasteiger partial charge in [0.1, 0.15) is 0 Å². The molecule has 3 aromatic carbocycles. The lowest BCUT2D eigenvalue weighted by Crippen LogP contribution is -2.37. The van der Waals surface area contributed by atoms with Gasteiger partial charge in [-0.2, -0.15) is 0 Å². The summed E-state index contributed by atoms with van der Waals surface area (Å²) in [6.45, 7) is 3.31. The monoisotopic (exact) mass is 418 g/mol. The summed E-state index contributed by atoms with van der Waals surface area (Å²) in [4.78, 5) is 38.1. The van der Waals surface area contributed by atoms with Crippen LogP contribution in [0.15, 0.2) is 60.7 Å². The molecular weight excluding hydrogens is 392 g/mol. The topological polar surface area (TPSA) is 75.7 Å². The van der Waals surface area contributed by atoms with Crippen LogP contribution in [0.25, 0.3) is 10.8 Å². The van der Waals surface area contributed by atoms with Crippen LogP contribution in [0, 0.1) is 13.8 Å². The number of ether oxygens (including phenoxy) is 1. The number of hydrogen-bond acceptors (Lipinski definition) is 4. The van der Waals surface area contributed by atoms with Gasteiger partial charge < -0.3 is 15.0 Å². The van der Waals surface area contributed by atoms with Crippen LogP contribution in [0.2, 0.25) is 0 Å². The summed E-state index contributed by atoms with van der Waals surface area (Å²) in [5.74, 6) is -1.24. The van der Waals surface area contributed by atoms with Crippen molar-refractivity contribution in [1.82, 2.24) is 4.90 Å². The van der Waals surface area contributed by atoms with E-state index in [1.165, 1.54) is 11.9 Å². The fraction of sp³-hybridized carbons (Fsp3) is 0.240. The minimum atomic E-state index is -0.488. The van der Waals surface area contributed by atoms with Gasteiger partial charge in [0.2, 0.25) is 5.91 Å². The van der Waals surface area contributed by atoms with Crippen LogP contribution in [0.1, 0.15) is 16.7 Å². The highest BCUT2D eigenvalue weighted by Gasteiger charge is 2.16. The number of rotatable bonds is 7. The first-order valence-electron chi connectivity index (χ1n) is 10.1. The number of fused-ring (bicyclic) bond motifs is 1. The number of nitrogens with one attached hydrogen (secondary N) is 1. The van der Waals surface area contributed by atoms with E-state index < -0.39 is 18.5 Å². The van der Waals surface area contributed by atoms with E-state index in [1.54, 1.807) is 0 Å². The van der Waals surface area contributed by atoms with Crippen molar-refractivity contribution in [3.8, 4) is 0 Å². The van der Waals surface area contributed by atoms with Crippen LogP contribution in [-0.2, 0) is 25.5 Å². The summed E-state index contributed by atoms with van der Waals surface area (Å²) < 4.78 is 5.15. The molecule has 0 heterocycles. The van der Waals surface area contributed by atoms with Crippen molar-refractivity contribution in [3.05, 3.63) is 77.4 Å². The Morgan fingerprint density at radius 2 is 1.71 bits per heavy atom. The maximum absolute atomic E-state index is 12.3. The van der Waals surface area contributed by atoms with E-state index >= 15 is 0 Å². The number of nitrogens with zero attached hydrogens (tertiary/aromatic N) is 1. The molecule has 6 nitrogen and oxygen atoms in total. The maximum atomic E-state index is 12.3. The average molecular weight is 418 g/mol. The Morgan fingerprint density at radius 1 is 0.968 bits per heavy atom. The molecule has 3 rings (SSSR count). The van der Waals surface area contributed by atoms with Crippen molar-refractivity contribution in [2.24, 2.45) is 0 Å². The average Bonchev–Trinajstić information content (AvgIpc) is 2.74. The molecule has 0 bridgehead atoms. The van der Waals surface area contributed by atoms with Gasteiger partial charge in [-0.15, -0.1) is 0 Å². The zero-order chi connectivity index (χ0) is 22.4. The Kier molecular flexibility index (Phi) is 7.03. The van der Waals surface area contributed by atoms with Gasteiger partial charge in [0.25, 0.3) is 5.91 Å². The maximum Gasteiger partial charge on any atom is 0.310 e. The Bertz CT molecular complexity index is 1120. The van der Waals surface area contributed by atoms with Crippen LogP contribution >= 0.6 is 0 Å². The molecule has 0 atom stereocenters. The van der Waals surface area contributed by atoms with Crippen molar-refractivity contribution < 1.29 is 19.1 Å². The van der Waals surface area contributed by atoms with Crippen molar-refractivity contribution in [1.29, 1.82) is 0 Å². The lowest BCUT2D eigenvalue weighted by Gasteiger charge is -2.17. The summed E-state index contributed by atoms with van der Waals surface area (Å²) in [6.07, 6.45) is 0.0749. The predicted octanol–water partition coefficient (Wildman–Crippen LogP) is 3.64. The molecule has 0 saturated carbocycles. The van der Waals surface area contributed by atoms with Gasteiger partial charge in [0.15, 0.2) is 6.61 Å². The summed E-state index contributed by atoms with van der Waals surface area (Å²) in [7, 11) is 1.50. The number of hydrogen-bond donors (Lipinski definition) is 1. The Balaban J connectivity index is 1.49. The highest BCUT2D eigenvalue weighted by atomic mass is 16.5. The first-order valence-corrected chi connectivity index (χ1v) is 10.1. The van der Waals surface area contributed by atoms with Gasteiger partial charge in [-0.05, 0) is 47.4 Å². The minimum Gasteiger partial charge on any atom is -0.455 e. The van der Waals surface area contributed by atoms with E-state index in [1.807, 2.05) is 74.5 Å². The molecule has 0 saturated heterocycles. The van der Waals surface area contributed by atoms with Gasteiger partial charge in [-0.25, -0.2) is 0 Å². The Hall–Kier alpha value is -3.67. The van der Waals surface area contributed by atoms with E-state index in [0.717, 1.165) is 27.5 Å². The number of benzene rings is 3. The molecule has 0 radical (unpaired) electrons. The number of aryl methyl sites for hydroxylation is 2. The Morgan fingerprint density at radius 3 is 2.52 bits per heavy atom. The summed E-state index contributed by atoms with van der Waals surface area (Å²) in [5, 5.41) is 4.83. The van der Waals surface area contributed by atoms with E-state index in [0.29, 0.717) is 5.69 Å². The molecular formula is C25H26N2O4. The van der Waals surface area contributed by atoms with E-state index in [9.17, 15) is 14.4 Å². The fourth-order valence-electron chi connectivity index (χ4n) is 3.27. The van der Waals surface area contributed by atoms with Crippen molar-refractivity contribution in [2.75, 3.05) is 25.5 Å². The molecule has 0 aliphatic heterocycles. The third-order valence-corrected chi connectivity index (χ3v) is 5.05. The smallest absolute Gasteiger partial charge is 0.310 e. The van der Waals surface area contributed by atoms with Gasteiger partial charge in [0.05, 0.1) is 13.0 Å². The van der Waals surface area contributed by atoms with Crippen LogP contribution < -0.4 is 5.32 Å². The van der Waals surface area contributed by atoms with Crippen molar-refractivity contribution >= 4 is 34.2 Å². The summed E-state index contributed by atoms with van der Waals surface area (Å²) in [6, 6.07) is 19.3. The highest BCUT2D eigenvalue weighted by Crippen LogP contribution is 2.19. The number of esters is 1. The highest BCUT2D eigenvalue weighted by molar-refractivity contribution is 5.95. The zero-order valence-electron chi connectivity index (χ0n) is 18.0. The molecule has 0 aliphatic carbocycles. The number of likely N-dealkylation sites (N-methyl/N-ethyl adjacent to an activating group) is 1. The lowest BCUT2D eigenvalue weighted by atomic mass is 10.0. The SMILES string of the molecule is Cc1ccc(C)c(NC(=O)CN(C)C(=O)COC(=O)Cc2cccc3ccccc23)c1. The first kappa shape index (κ1) is 22.0. The molecule has 31 heavy (non-hydrogen) atoms. The van der Waals surface area contributed by atoms with Crippen LogP contribution in [0.4, 0.5) is 5.69 Å². The second-order valence-electron chi connectivity index (χ2n) is 7.59. The number of carbonyl (C=O) groups is 3. The number of anilines is 1. The molecule has 0 spiro atoms. The molecule has 0 unspecified atom stereocenters. The van der Waals surface area contributed by atoms with Crippen LogP contribution in [0.3, 0.4) is 0 Å². The largest absolute Gasteiger partial charge is 0.455 e. The lowest BCUT2D eigenvalue weighted by molar-refractivity contribution is -0.151. The van der Waals surface area contributed by atoms with Gasteiger partial charge in [0, 0.05) is 12.7 Å². The van der Waals surface area contributed by atoms with Gasteiger partial charge in [-0.1, -0.05) is 54.6 Å². The minimum absolute atomic E-state index is 0.0749. The molecule has 6 heteroatoms. The van der Waals surface area contributed by atoms with Crippen molar-refractivity contribution in [2.45, 2.75) is 20.3 Å². The van der Waals surface area contributed by atoms with Gasteiger partial charge >= 0.3 is 5.97 Å². The quantitative estimate of drug-likeness (QED) is 0.595. The van der Waals surface area contributed by atoms with E-state index in [2.05, 4.69) is 5.32 Å². The second kappa shape index (κ2) is 9.89. The first-order chi connectivity index (χ1) is 14.8. The molecule has 0 aromatic heterocycles. The molecule has 1 N–H and O–H groups in total. The molecule has 0 aliphatic rings. The predicted molar refractivity (Wildman–Crippen MR) is 121 cm³/mol. The molecule has 160 valence electrons. The third-order valence-electron chi connectivity index (χ3n) is 5.05. The van der Waals surface area contributed by atoms with Crippen LogP contribution in [-0.4, -0.2) is 42.9 Å². The summed E-state index contributed by atoms with van der Waals surface area (Å²) in [5.41, 5.74) is 3.53. The van der Waals surface area contributed by atoms with E-state index in [-0.39, 0.29) is 18.9 Å². The standard InChI is InChI=1S/C25H26N2O4/c1-17-11-12-18(2)22(13-17)26-23(28)15-27(3)24(29)16-31-25(30)14-20-9-6-8-19-7-4-5-10-21(19)20/h4-13H,14-16H2,1-3H3,(H,26,28). The zero-order valence-corrected chi connectivity index (χ0v) is 18.0.